The highest BCUT2D eigenvalue weighted by atomic mass is 32.1. The Balaban J connectivity index is 1.58. The molecule has 158 valence electrons. The number of aromatic nitrogens is 2. The third-order valence-electron chi connectivity index (χ3n) is 5.47. The van der Waals surface area contributed by atoms with Gasteiger partial charge in [-0.05, 0) is 17.0 Å². The number of piperazine rings is 1. The zero-order valence-corrected chi connectivity index (χ0v) is 19.1. The number of amides is 2. The molecule has 0 bridgehead atoms. The summed E-state index contributed by atoms with van der Waals surface area (Å²) in [7, 11) is 3.60. The molecule has 2 amide bonds. The van der Waals surface area contributed by atoms with Gasteiger partial charge in [-0.25, -0.2) is 14.8 Å². The van der Waals surface area contributed by atoms with Crippen molar-refractivity contribution in [1.82, 2.24) is 19.8 Å². The smallest absolute Gasteiger partial charge is 0.319 e. The highest BCUT2D eigenvalue weighted by Crippen LogP contribution is 2.40. The monoisotopic (exact) mass is 449 g/mol. The zero-order chi connectivity index (χ0) is 21.4. The molecule has 1 aliphatic rings. The highest BCUT2D eigenvalue weighted by molar-refractivity contribution is 7.17. The highest BCUT2D eigenvalue weighted by Gasteiger charge is 2.26. The lowest BCUT2D eigenvalue weighted by Crippen LogP contribution is -2.51. The van der Waals surface area contributed by atoms with Crippen LogP contribution in [-0.4, -0.2) is 66.1 Å². The SMILES string of the molecule is CN(C)C(=O)N1CCN(c2nc(-c3cccs3)nc3scc(-c4ccccc4)c23)CC1. The van der Waals surface area contributed by atoms with Crippen molar-refractivity contribution in [3.8, 4) is 21.8 Å². The Morgan fingerprint density at radius 2 is 1.74 bits per heavy atom. The van der Waals surface area contributed by atoms with Crippen LogP contribution in [0.4, 0.5) is 10.6 Å². The number of hydrogen-bond donors (Lipinski definition) is 0. The molecule has 0 spiro atoms. The minimum atomic E-state index is 0.0623. The van der Waals surface area contributed by atoms with Crippen LogP contribution in [0.1, 0.15) is 0 Å². The predicted octanol–water partition coefficient (Wildman–Crippen LogP) is 4.89. The average molecular weight is 450 g/mol. The zero-order valence-electron chi connectivity index (χ0n) is 17.5. The maximum atomic E-state index is 12.4. The molecule has 1 aromatic carbocycles. The van der Waals surface area contributed by atoms with Crippen molar-refractivity contribution in [2.45, 2.75) is 0 Å². The molecule has 0 saturated carbocycles. The number of carbonyl (C=O) groups is 1. The van der Waals surface area contributed by atoms with E-state index in [-0.39, 0.29) is 6.03 Å². The second kappa shape index (κ2) is 8.28. The third kappa shape index (κ3) is 3.77. The van der Waals surface area contributed by atoms with Crippen molar-refractivity contribution in [3.05, 3.63) is 53.2 Å². The third-order valence-corrected chi connectivity index (χ3v) is 7.21. The van der Waals surface area contributed by atoms with Crippen LogP contribution in [0.3, 0.4) is 0 Å². The number of nitrogens with zero attached hydrogens (tertiary/aromatic N) is 5. The molecule has 8 heteroatoms. The molecule has 0 N–H and O–H groups in total. The van der Waals surface area contributed by atoms with Crippen molar-refractivity contribution in [2.75, 3.05) is 45.2 Å². The second-order valence-corrected chi connectivity index (χ2v) is 9.50. The van der Waals surface area contributed by atoms with E-state index in [0.29, 0.717) is 13.1 Å². The lowest BCUT2D eigenvalue weighted by molar-refractivity contribution is 0.168. The molecule has 1 aliphatic heterocycles. The van der Waals surface area contributed by atoms with Crippen LogP contribution in [0, 0.1) is 0 Å². The topological polar surface area (TPSA) is 52.6 Å². The number of anilines is 1. The van der Waals surface area contributed by atoms with E-state index in [2.05, 4.69) is 46.0 Å². The summed E-state index contributed by atoms with van der Waals surface area (Å²) in [6.45, 7) is 2.86. The van der Waals surface area contributed by atoms with Crippen molar-refractivity contribution in [3.63, 3.8) is 0 Å². The van der Waals surface area contributed by atoms with Crippen LogP contribution >= 0.6 is 22.7 Å². The van der Waals surface area contributed by atoms with E-state index in [1.165, 1.54) is 11.1 Å². The van der Waals surface area contributed by atoms with Crippen LogP contribution < -0.4 is 4.90 Å². The number of thiophene rings is 2. The molecule has 0 radical (unpaired) electrons. The van der Waals surface area contributed by atoms with Gasteiger partial charge >= 0.3 is 6.03 Å². The number of fused-ring (bicyclic) bond motifs is 1. The Labute approximate surface area is 189 Å². The van der Waals surface area contributed by atoms with Gasteiger partial charge in [0.05, 0.1) is 10.3 Å². The fraction of sp³-hybridized carbons (Fsp3) is 0.261. The van der Waals surface area contributed by atoms with E-state index in [0.717, 1.165) is 39.8 Å². The minimum absolute atomic E-state index is 0.0623. The maximum Gasteiger partial charge on any atom is 0.319 e. The van der Waals surface area contributed by atoms with Crippen molar-refractivity contribution < 1.29 is 4.79 Å². The summed E-state index contributed by atoms with van der Waals surface area (Å²) >= 11 is 3.32. The molecule has 0 atom stereocenters. The first-order valence-corrected chi connectivity index (χ1v) is 12.0. The number of carbonyl (C=O) groups excluding carboxylic acids is 1. The van der Waals surface area contributed by atoms with E-state index in [4.69, 9.17) is 9.97 Å². The summed E-state index contributed by atoms with van der Waals surface area (Å²) in [6.07, 6.45) is 0. The van der Waals surface area contributed by atoms with Gasteiger partial charge in [0.15, 0.2) is 5.82 Å². The fourth-order valence-corrected chi connectivity index (χ4v) is 5.49. The van der Waals surface area contributed by atoms with Gasteiger partial charge in [-0.1, -0.05) is 36.4 Å². The molecule has 5 rings (SSSR count). The average Bonchev–Trinajstić information content (AvgIpc) is 3.49. The van der Waals surface area contributed by atoms with Gasteiger partial charge in [0.2, 0.25) is 0 Å². The fourth-order valence-electron chi connectivity index (χ4n) is 3.89. The molecule has 0 aliphatic carbocycles. The first-order chi connectivity index (χ1) is 15.1. The molecule has 1 fully saturated rings. The first-order valence-electron chi connectivity index (χ1n) is 10.2. The molecule has 4 aromatic rings. The molecule has 31 heavy (non-hydrogen) atoms. The Hall–Kier alpha value is -2.97. The number of urea groups is 1. The first kappa shape index (κ1) is 20.0. The van der Waals surface area contributed by atoms with Gasteiger partial charge < -0.3 is 14.7 Å². The molecule has 3 aromatic heterocycles. The van der Waals surface area contributed by atoms with Crippen LogP contribution in [0.5, 0.6) is 0 Å². The van der Waals surface area contributed by atoms with Crippen LogP contribution in [0.15, 0.2) is 53.2 Å². The van der Waals surface area contributed by atoms with Gasteiger partial charge in [0.1, 0.15) is 10.6 Å². The largest absolute Gasteiger partial charge is 0.352 e. The molecule has 1 saturated heterocycles. The number of hydrogen-bond acceptors (Lipinski definition) is 6. The Bertz CT molecular complexity index is 1200. The van der Waals surface area contributed by atoms with Gasteiger partial charge in [-0.15, -0.1) is 22.7 Å². The summed E-state index contributed by atoms with van der Waals surface area (Å²) in [6, 6.07) is 14.6. The number of rotatable bonds is 3. The lowest BCUT2D eigenvalue weighted by atomic mass is 10.1. The predicted molar refractivity (Wildman–Crippen MR) is 129 cm³/mol. The van der Waals surface area contributed by atoms with Crippen LogP contribution in [0.25, 0.3) is 32.0 Å². The summed E-state index contributed by atoms with van der Waals surface area (Å²) in [5, 5.41) is 5.34. The van der Waals surface area contributed by atoms with E-state index >= 15 is 0 Å². The molecule has 6 nitrogen and oxygen atoms in total. The van der Waals surface area contributed by atoms with E-state index in [1.54, 1.807) is 41.7 Å². The quantitative estimate of drug-likeness (QED) is 0.447. The van der Waals surface area contributed by atoms with Gasteiger partial charge in [0, 0.05) is 51.2 Å². The minimum Gasteiger partial charge on any atom is -0.352 e. The summed E-state index contributed by atoms with van der Waals surface area (Å²) in [4.78, 5) is 30.2. The summed E-state index contributed by atoms with van der Waals surface area (Å²) in [5.41, 5.74) is 2.34. The van der Waals surface area contributed by atoms with Gasteiger partial charge in [-0.3, -0.25) is 0 Å². The molecule has 0 unspecified atom stereocenters. The van der Waals surface area contributed by atoms with E-state index < -0.39 is 0 Å². The summed E-state index contributed by atoms with van der Waals surface area (Å²) in [5.74, 6) is 1.73. The standard InChI is InChI=1S/C23H23N5OS2/c1-26(2)23(29)28-12-10-27(11-13-28)21-19-17(16-7-4-3-5-8-16)15-31-22(19)25-20(24-21)18-9-6-14-30-18/h3-9,14-15H,10-13H2,1-2H3. The molecular formula is C23H23N5OS2. The second-order valence-electron chi connectivity index (χ2n) is 7.69. The van der Waals surface area contributed by atoms with E-state index in [1.807, 2.05) is 17.0 Å². The van der Waals surface area contributed by atoms with E-state index in [9.17, 15) is 4.79 Å². The van der Waals surface area contributed by atoms with Crippen molar-refractivity contribution in [2.24, 2.45) is 0 Å². The Kier molecular flexibility index (Phi) is 5.33. The molecular weight excluding hydrogens is 426 g/mol. The van der Waals surface area contributed by atoms with Crippen molar-refractivity contribution in [1.29, 1.82) is 0 Å². The Morgan fingerprint density at radius 1 is 0.968 bits per heavy atom. The van der Waals surface area contributed by atoms with Gasteiger partial charge in [-0.2, -0.15) is 0 Å². The molecule has 4 heterocycles. The van der Waals surface area contributed by atoms with Crippen LogP contribution in [-0.2, 0) is 0 Å². The van der Waals surface area contributed by atoms with Crippen LogP contribution in [0.2, 0.25) is 0 Å². The summed E-state index contributed by atoms with van der Waals surface area (Å²) < 4.78 is 0. The van der Waals surface area contributed by atoms with Gasteiger partial charge in [0.25, 0.3) is 0 Å². The van der Waals surface area contributed by atoms with Crippen molar-refractivity contribution >= 4 is 44.7 Å². The Morgan fingerprint density at radius 3 is 2.42 bits per heavy atom. The lowest BCUT2D eigenvalue weighted by Gasteiger charge is -2.36. The normalized spacial score (nSPS) is 14.3. The number of benzene rings is 1. The maximum absolute atomic E-state index is 12.4.